The zero-order valence-corrected chi connectivity index (χ0v) is 49.0. The van der Waals surface area contributed by atoms with Crippen LogP contribution in [0.2, 0.25) is 0 Å². The summed E-state index contributed by atoms with van der Waals surface area (Å²) >= 11 is 0. The van der Waals surface area contributed by atoms with Crippen molar-refractivity contribution in [3.8, 4) is 11.5 Å². The van der Waals surface area contributed by atoms with E-state index in [-0.39, 0.29) is 37.7 Å². The molecule has 13 nitrogen and oxygen atoms in total. The fourth-order valence-corrected chi connectivity index (χ4v) is 11.4. The summed E-state index contributed by atoms with van der Waals surface area (Å²) in [5, 5.41) is 14.1. The molecule has 434 valence electrons. The molecule has 0 radical (unpaired) electrons. The number of carbonyl (C=O) groups excluding carboxylic acids is 3. The van der Waals surface area contributed by atoms with Crippen LogP contribution < -0.4 is 14.4 Å². The minimum Gasteiger partial charge on any atom is -0.462 e. The number of likely N-dealkylation sites (N-methyl/N-ethyl adjacent to an activating group) is 1. The molecule has 0 aromatic heterocycles. The van der Waals surface area contributed by atoms with Crippen LogP contribution in [0.4, 0.5) is 0 Å². The summed E-state index contributed by atoms with van der Waals surface area (Å²) < 4.78 is 52.8. The van der Waals surface area contributed by atoms with Gasteiger partial charge in [0.25, 0.3) is 0 Å². The minimum atomic E-state index is -4.71. The molecular formula is C62H105N2O11P. The smallest absolute Gasteiger partial charge is 0.462 e. The summed E-state index contributed by atoms with van der Waals surface area (Å²) in [7, 11) is -1.21. The first kappa shape index (κ1) is 66.8. The lowest BCUT2D eigenvalue weighted by atomic mass is 9.93. The Labute approximate surface area is 461 Å². The number of amides is 1. The molecule has 2 aromatic rings. The molecule has 76 heavy (non-hydrogen) atoms. The van der Waals surface area contributed by atoms with Crippen molar-refractivity contribution >= 4 is 25.7 Å². The van der Waals surface area contributed by atoms with Gasteiger partial charge >= 0.3 is 19.8 Å². The molecule has 1 aliphatic heterocycles. The second kappa shape index (κ2) is 42.5. The predicted molar refractivity (Wildman–Crippen MR) is 307 cm³/mol. The highest BCUT2D eigenvalue weighted by molar-refractivity contribution is 7.49. The molecule has 0 saturated carbocycles. The highest BCUT2D eigenvalue weighted by atomic mass is 31.2. The number of ether oxygens (including phenoxy) is 3. The van der Waals surface area contributed by atoms with Gasteiger partial charge in [-0.15, -0.1) is 0 Å². The molecular weight excluding hydrogens is 980 g/mol. The highest BCUT2D eigenvalue weighted by Crippen LogP contribution is 2.52. The van der Waals surface area contributed by atoms with E-state index in [1.807, 2.05) is 0 Å². The van der Waals surface area contributed by atoms with Gasteiger partial charge in [0, 0.05) is 0 Å². The van der Waals surface area contributed by atoms with Gasteiger partial charge in [0.2, 0.25) is 5.91 Å². The molecule has 1 fully saturated rings. The zero-order valence-electron chi connectivity index (χ0n) is 48.1. The van der Waals surface area contributed by atoms with Gasteiger partial charge in [-0.3, -0.25) is 23.8 Å². The van der Waals surface area contributed by atoms with E-state index in [1.165, 1.54) is 128 Å². The van der Waals surface area contributed by atoms with Crippen LogP contribution in [0.3, 0.4) is 0 Å². The number of benzene rings is 2. The number of aliphatic hydroxyl groups excluding tert-OH is 1. The molecule has 0 bridgehead atoms. The van der Waals surface area contributed by atoms with Crippen LogP contribution in [0.1, 0.15) is 233 Å². The van der Waals surface area contributed by atoms with Crippen molar-refractivity contribution in [2.24, 2.45) is 5.92 Å². The van der Waals surface area contributed by atoms with Crippen LogP contribution in [0, 0.1) is 5.92 Å². The number of esters is 2. The predicted octanol–water partition coefficient (Wildman–Crippen LogP) is 15.4. The summed E-state index contributed by atoms with van der Waals surface area (Å²) in [6.07, 6.45) is 30.6. The highest BCUT2D eigenvalue weighted by Gasteiger charge is 2.51. The fourth-order valence-electron chi connectivity index (χ4n) is 9.95. The van der Waals surface area contributed by atoms with Crippen LogP contribution >= 0.6 is 7.82 Å². The monoisotopic (exact) mass is 1080 g/mol. The number of carbonyl (C=O) groups is 3. The van der Waals surface area contributed by atoms with Gasteiger partial charge in [-0.25, -0.2) is 4.57 Å². The van der Waals surface area contributed by atoms with Gasteiger partial charge in [0.05, 0.1) is 37.6 Å². The third-order valence-electron chi connectivity index (χ3n) is 14.4. The third kappa shape index (κ3) is 31.2. The summed E-state index contributed by atoms with van der Waals surface area (Å²) in [6, 6.07) is 16.0. The standard InChI is InChI=1S/C62H105N2O11P/c1-6-9-12-15-18-21-24-26-29-34-41-52(42-35-30-27-25-22-19-16-13-10-7-2)62(68)72-60-56(63-58(66)48-53(65)43-36-31-28-23-20-17-14-11-8-3)50-70-57(51-71-59(67)49-64(4)5)61(60)75-76(69,73-54-44-37-32-38-45-54)74-55-46-39-33-40-47-55/h32-33,37-40,44-47,52-53,56-57,60-61,65H,6-31,34-36,41-43,48-51H2,1-5H3,(H,63,66)/t53-,56+,57-,60-,61-/m1/s1. The van der Waals surface area contributed by atoms with Crippen molar-refractivity contribution in [3.63, 3.8) is 0 Å². The Kier molecular flexibility index (Phi) is 37.3. The average molecular weight is 1090 g/mol. The number of nitrogens with one attached hydrogen (secondary N) is 1. The van der Waals surface area contributed by atoms with Crippen LogP contribution in [-0.2, 0) is 37.7 Å². The molecule has 2 aromatic carbocycles. The van der Waals surface area contributed by atoms with E-state index >= 15 is 4.57 Å². The van der Waals surface area contributed by atoms with E-state index < -0.39 is 62.0 Å². The van der Waals surface area contributed by atoms with Gasteiger partial charge in [0.1, 0.15) is 30.3 Å². The molecule has 0 spiro atoms. The third-order valence-corrected chi connectivity index (χ3v) is 15.8. The molecule has 1 amide bonds. The normalized spacial score (nSPS) is 17.2. The van der Waals surface area contributed by atoms with Crippen LogP contribution in [0.15, 0.2) is 60.7 Å². The minimum absolute atomic E-state index is 0.0109. The first-order chi connectivity index (χ1) is 37.0. The molecule has 5 atom stereocenters. The van der Waals surface area contributed by atoms with Gasteiger partial charge in [0.15, 0.2) is 6.10 Å². The van der Waals surface area contributed by atoms with Crippen molar-refractivity contribution < 1.29 is 51.8 Å². The first-order valence-electron chi connectivity index (χ1n) is 30.3. The molecule has 3 rings (SSSR count). The molecule has 0 unspecified atom stereocenters. The number of para-hydroxylation sites is 2. The van der Waals surface area contributed by atoms with Gasteiger partial charge in [-0.2, -0.15) is 0 Å². The van der Waals surface area contributed by atoms with Crippen molar-refractivity contribution in [1.29, 1.82) is 0 Å². The molecule has 2 N–H and O–H groups in total. The molecule has 1 saturated heterocycles. The number of aliphatic hydroxyl groups is 1. The lowest BCUT2D eigenvalue weighted by molar-refractivity contribution is -0.195. The van der Waals surface area contributed by atoms with Gasteiger partial charge < -0.3 is 33.7 Å². The first-order valence-corrected chi connectivity index (χ1v) is 31.8. The Bertz CT molecular complexity index is 1740. The van der Waals surface area contributed by atoms with E-state index in [2.05, 4.69) is 26.1 Å². The number of rotatable bonds is 47. The van der Waals surface area contributed by atoms with E-state index in [0.29, 0.717) is 19.3 Å². The van der Waals surface area contributed by atoms with E-state index in [1.54, 1.807) is 79.7 Å². The summed E-state index contributed by atoms with van der Waals surface area (Å²) in [5.74, 6) is -1.48. The van der Waals surface area contributed by atoms with Gasteiger partial charge in [-0.1, -0.05) is 243 Å². The zero-order chi connectivity index (χ0) is 54.9. The Balaban J connectivity index is 1.93. The number of unbranched alkanes of at least 4 members (excludes halogenated alkanes) is 26. The van der Waals surface area contributed by atoms with Crippen LogP contribution in [-0.4, -0.2) is 92.2 Å². The maximum atomic E-state index is 15.2. The number of nitrogens with zero attached hydrogens (tertiary/aromatic N) is 1. The lowest BCUT2D eigenvalue weighted by Gasteiger charge is -2.42. The van der Waals surface area contributed by atoms with E-state index in [0.717, 1.165) is 57.8 Å². The second-order valence-corrected chi connectivity index (χ2v) is 23.3. The fraction of sp³-hybridized carbons (Fsp3) is 0.758. The van der Waals surface area contributed by atoms with Crippen molar-refractivity contribution in [2.45, 2.75) is 263 Å². The van der Waals surface area contributed by atoms with Crippen molar-refractivity contribution in [1.82, 2.24) is 10.2 Å². The topological polar surface area (TPSA) is 159 Å². The Morgan fingerprint density at radius 1 is 0.605 bits per heavy atom. The largest absolute Gasteiger partial charge is 0.588 e. The SMILES string of the molecule is CCCCCCCCCCCCC(CCCCCCCCCCCC)C(=O)O[C@H]1[C@H](OP(=O)(Oc2ccccc2)Oc2ccccc2)[C@@H](COC(=O)CN(C)C)OC[C@@H]1NC(=O)C[C@H](O)CCCCCCCCCCC. The Morgan fingerprint density at radius 3 is 1.43 bits per heavy atom. The number of hydrogen-bond acceptors (Lipinski definition) is 12. The van der Waals surface area contributed by atoms with Crippen LogP contribution in [0.25, 0.3) is 0 Å². The molecule has 14 heteroatoms. The maximum Gasteiger partial charge on any atom is 0.588 e. The Morgan fingerprint density at radius 2 is 1.01 bits per heavy atom. The summed E-state index contributed by atoms with van der Waals surface area (Å²) in [6.45, 7) is 6.19. The van der Waals surface area contributed by atoms with Crippen molar-refractivity contribution in [3.05, 3.63) is 60.7 Å². The summed E-state index contributed by atoms with van der Waals surface area (Å²) in [4.78, 5) is 43.6. The molecule has 1 heterocycles. The molecule has 1 aliphatic rings. The van der Waals surface area contributed by atoms with E-state index in [9.17, 15) is 19.5 Å². The van der Waals surface area contributed by atoms with Crippen molar-refractivity contribution in [2.75, 3.05) is 33.9 Å². The number of phosphoric acid groups is 1. The average Bonchev–Trinajstić information content (AvgIpc) is 3.40. The maximum absolute atomic E-state index is 15.2. The molecule has 0 aliphatic carbocycles. The lowest BCUT2D eigenvalue weighted by Crippen LogP contribution is -2.62. The number of phosphoric ester groups is 1. The van der Waals surface area contributed by atoms with E-state index in [4.69, 9.17) is 27.8 Å². The van der Waals surface area contributed by atoms with Gasteiger partial charge in [-0.05, 0) is 57.6 Å². The second-order valence-electron chi connectivity index (χ2n) is 21.8. The Hall–Kier alpha value is -3.48. The summed E-state index contributed by atoms with van der Waals surface area (Å²) in [5.41, 5.74) is 0. The number of hydrogen-bond donors (Lipinski definition) is 2. The van der Waals surface area contributed by atoms with Crippen LogP contribution in [0.5, 0.6) is 11.5 Å². The quantitative estimate of drug-likeness (QED) is 0.0368.